The predicted octanol–water partition coefficient (Wildman–Crippen LogP) is 3.95. The molecule has 3 atom stereocenters. The number of pyridine rings is 1. The van der Waals surface area contributed by atoms with Crippen LogP contribution in [0.1, 0.15) is 36.4 Å². The Labute approximate surface area is 145 Å². The number of nitrogens with zero attached hydrogens (tertiary/aromatic N) is 2. The molecule has 2 aliphatic rings. The van der Waals surface area contributed by atoms with Crippen LogP contribution in [-0.2, 0) is 4.79 Å². The number of hydrogen-bond donors (Lipinski definition) is 0. The van der Waals surface area contributed by atoms with E-state index in [1.807, 2.05) is 6.07 Å². The number of hydrogen-bond acceptors (Lipinski definition) is 2. The smallest absolute Gasteiger partial charge is 0.226 e. The van der Waals surface area contributed by atoms with Gasteiger partial charge in [0, 0.05) is 37.0 Å². The summed E-state index contributed by atoms with van der Waals surface area (Å²) in [6, 6.07) is 6.48. The van der Waals surface area contributed by atoms with Crippen molar-refractivity contribution < 1.29 is 13.6 Å². The summed E-state index contributed by atoms with van der Waals surface area (Å²) in [6.07, 6.45) is 6.68. The number of aromatic nitrogens is 1. The molecule has 5 heteroatoms. The van der Waals surface area contributed by atoms with Gasteiger partial charge in [0.15, 0.2) is 0 Å². The number of rotatable bonds is 4. The molecule has 0 N–H and O–H groups in total. The second-order valence-electron chi connectivity index (χ2n) is 7.09. The fourth-order valence-corrected chi connectivity index (χ4v) is 4.42. The third kappa shape index (κ3) is 2.81. The summed E-state index contributed by atoms with van der Waals surface area (Å²) < 4.78 is 27.8. The Kier molecular flexibility index (Phi) is 4.02. The molecule has 0 aliphatic heterocycles. The van der Waals surface area contributed by atoms with Crippen LogP contribution < -0.4 is 0 Å². The van der Waals surface area contributed by atoms with Crippen molar-refractivity contribution in [1.82, 2.24) is 9.88 Å². The van der Waals surface area contributed by atoms with E-state index in [0.29, 0.717) is 11.8 Å². The van der Waals surface area contributed by atoms with E-state index in [2.05, 4.69) is 4.98 Å². The van der Waals surface area contributed by atoms with Crippen molar-refractivity contribution in [1.29, 1.82) is 0 Å². The van der Waals surface area contributed by atoms with Gasteiger partial charge in [-0.2, -0.15) is 0 Å². The van der Waals surface area contributed by atoms with E-state index in [1.54, 1.807) is 30.4 Å². The van der Waals surface area contributed by atoms with Crippen molar-refractivity contribution in [2.45, 2.75) is 25.3 Å². The SMILES string of the molecule is CN(C(=O)C1[C@@H]2CCC[C@@H]12)[C@H](c1cccnc1)c1ccc(F)cc1F. The molecule has 1 amide bonds. The van der Waals surface area contributed by atoms with Crippen LogP contribution in [0.4, 0.5) is 8.78 Å². The van der Waals surface area contributed by atoms with Crippen molar-refractivity contribution in [3.8, 4) is 0 Å². The summed E-state index contributed by atoms with van der Waals surface area (Å²) in [5.74, 6) is -0.194. The molecule has 0 bridgehead atoms. The van der Waals surface area contributed by atoms with E-state index < -0.39 is 17.7 Å². The average molecular weight is 342 g/mol. The quantitative estimate of drug-likeness (QED) is 0.843. The highest BCUT2D eigenvalue weighted by Gasteiger charge is 2.57. The van der Waals surface area contributed by atoms with Crippen molar-refractivity contribution >= 4 is 5.91 Å². The first-order valence-electron chi connectivity index (χ1n) is 8.69. The molecule has 0 radical (unpaired) electrons. The number of amides is 1. The van der Waals surface area contributed by atoms with Crippen molar-refractivity contribution in [2.75, 3.05) is 7.05 Å². The molecule has 4 rings (SSSR count). The maximum atomic E-state index is 14.5. The summed E-state index contributed by atoms with van der Waals surface area (Å²) >= 11 is 0. The normalized spacial score (nSPS) is 25.3. The van der Waals surface area contributed by atoms with Gasteiger partial charge >= 0.3 is 0 Å². The Morgan fingerprint density at radius 1 is 1.24 bits per heavy atom. The zero-order chi connectivity index (χ0) is 17.6. The Morgan fingerprint density at radius 3 is 2.64 bits per heavy atom. The van der Waals surface area contributed by atoms with Crippen LogP contribution in [0.5, 0.6) is 0 Å². The van der Waals surface area contributed by atoms with E-state index in [-0.39, 0.29) is 17.4 Å². The minimum Gasteiger partial charge on any atom is -0.334 e. The van der Waals surface area contributed by atoms with Gasteiger partial charge in [0.1, 0.15) is 11.6 Å². The van der Waals surface area contributed by atoms with Crippen LogP contribution in [-0.4, -0.2) is 22.8 Å². The fraction of sp³-hybridized carbons (Fsp3) is 0.400. The van der Waals surface area contributed by atoms with Crippen molar-refractivity contribution in [3.63, 3.8) is 0 Å². The van der Waals surface area contributed by atoms with E-state index in [9.17, 15) is 13.6 Å². The summed E-state index contributed by atoms with van der Waals surface area (Å²) in [5, 5.41) is 0. The molecule has 25 heavy (non-hydrogen) atoms. The molecule has 2 aromatic rings. The molecule has 0 spiro atoms. The lowest BCUT2D eigenvalue weighted by Gasteiger charge is -2.30. The van der Waals surface area contributed by atoms with Gasteiger partial charge in [-0.15, -0.1) is 0 Å². The Morgan fingerprint density at radius 2 is 2.00 bits per heavy atom. The summed E-state index contributed by atoms with van der Waals surface area (Å²) in [4.78, 5) is 18.7. The molecule has 1 heterocycles. The predicted molar refractivity (Wildman–Crippen MR) is 89.5 cm³/mol. The topological polar surface area (TPSA) is 33.2 Å². The molecule has 1 aromatic heterocycles. The Balaban J connectivity index is 1.69. The van der Waals surface area contributed by atoms with Crippen LogP contribution in [0.15, 0.2) is 42.7 Å². The Hall–Kier alpha value is -2.30. The number of fused-ring (bicyclic) bond motifs is 1. The Bertz CT molecular complexity index is 786. The van der Waals surface area contributed by atoms with E-state index in [0.717, 1.165) is 24.5 Å². The van der Waals surface area contributed by atoms with Crippen LogP contribution in [0.25, 0.3) is 0 Å². The largest absolute Gasteiger partial charge is 0.334 e. The highest BCUT2D eigenvalue weighted by Crippen LogP contribution is 2.58. The molecule has 3 nitrogen and oxygen atoms in total. The van der Waals surface area contributed by atoms with Crippen LogP contribution in [0, 0.1) is 29.4 Å². The minimum atomic E-state index is -0.649. The molecule has 1 aromatic carbocycles. The van der Waals surface area contributed by atoms with Crippen molar-refractivity contribution in [3.05, 3.63) is 65.5 Å². The molecule has 2 fully saturated rings. The third-order valence-corrected chi connectivity index (χ3v) is 5.68. The molecule has 0 unspecified atom stereocenters. The van der Waals surface area contributed by atoms with Crippen molar-refractivity contribution in [2.24, 2.45) is 17.8 Å². The summed E-state index contributed by atoms with van der Waals surface area (Å²) in [7, 11) is 1.71. The van der Waals surface area contributed by atoms with Gasteiger partial charge in [-0.3, -0.25) is 9.78 Å². The first-order chi connectivity index (χ1) is 12.1. The number of halogens is 2. The third-order valence-electron chi connectivity index (χ3n) is 5.68. The lowest BCUT2D eigenvalue weighted by molar-refractivity contribution is -0.133. The fourth-order valence-electron chi connectivity index (χ4n) is 4.42. The molecule has 0 saturated heterocycles. The van der Waals surface area contributed by atoms with E-state index in [4.69, 9.17) is 0 Å². The number of benzene rings is 1. The summed E-state index contributed by atoms with van der Waals surface area (Å²) in [5.41, 5.74) is 1.01. The lowest BCUT2D eigenvalue weighted by atomic mass is 9.97. The highest BCUT2D eigenvalue weighted by atomic mass is 19.1. The van der Waals surface area contributed by atoms with Gasteiger partial charge in [0.05, 0.1) is 6.04 Å². The molecule has 2 saturated carbocycles. The van der Waals surface area contributed by atoms with Gasteiger partial charge in [0.25, 0.3) is 0 Å². The zero-order valence-electron chi connectivity index (χ0n) is 14.0. The molecule has 130 valence electrons. The van der Waals surface area contributed by atoms with E-state index >= 15 is 0 Å². The van der Waals surface area contributed by atoms with Crippen LogP contribution in [0.2, 0.25) is 0 Å². The summed E-state index contributed by atoms with van der Waals surface area (Å²) in [6.45, 7) is 0. The van der Waals surface area contributed by atoms with Gasteiger partial charge in [0.2, 0.25) is 5.91 Å². The first kappa shape index (κ1) is 16.2. The number of carbonyl (C=O) groups excluding carboxylic acids is 1. The maximum absolute atomic E-state index is 14.5. The average Bonchev–Trinajstić information content (AvgIpc) is 3.08. The number of carbonyl (C=O) groups is 1. The lowest BCUT2D eigenvalue weighted by Crippen LogP contribution is -2.34. The van der Waals surface area contributed by atoms with Crippen LogP contribution >= 0.6 is 0 Å². The monoisotopic (exact) mass is 342 g/mol. The second kappa shape index (κ2) is 6.21. The van der Waals surface area contributed by atoms with Crippen LogP contribution in [0.3, 0.4) is 0 Å². The molecular formula is C20H20F2N2O. The standard InChI is InChI=1S/C20H20F2N2O/c1-24(20(25)18-14-5-2-6-15(14)18)19(12-4-3-9-23-11-12)16-8-7-13(21)10-17(16)22/h3-4,7-11,14-15,18-19H,2,5-6H2,1H3/t14-,15-,19-/m1/s1. The van der Waals surface area contributed by atoms with E-state index in [1.165, 1.54) is 18.6 Å². The maximum Gasteiger partial charge on any atom is 0.226 e. The zero-order valence-corrected chi connectivity index (χ0v) is 14.0. The highest BCUT2D eigenvalue weighted by molar-refractivity contribution is 5.83. The van der Waals surface area contributed by atoms with Gasteiger partial charge in [-0.05, 0) is 42.4 Å². The van der Waals surface area contributed by atoms with Gasteiger partial charge in [-0.25, -0.2) is 8.78 Å². The minimum absolute atomic E-state index is 0.0484. The first-order valence-corrected chi connectivity index (χ1v) is 8.69. The van der Waals surface area contributed by atoms with Gasteiger partial charge in [-0.1, -0.05) is 18.6 Å². The molecule has 2 aliphatic carbocycles. The second-order valence-corrected chi connectivity index (χ2v) is 7.09. The van der Waals surface area contributed by atoms with Gasteiger partial charge < -0.3 is 4.90 Å². The molecular weight excluding hydrogens is 322 g/mol.